The van der Waals surface area contributed by atoms with E-state index in [4.69, 9.17) is 5.73 Å². The van der Waals surface area contributed by atoms with Crippen molar-refractivity contribution in [1.82, 2.24) is 24.8 Å². The average Bonchev–Trinajstić information content (AvgIpc) is 2.92. The molecule has 116 valence electrons. The number of nitrogens with zero attached hydrogens (tertiary/aromatic N) is 5. The molecular weight excluding hydrogens is 272 g/mol. The number of hydrogen-bond donors (Lipinski definition) is 1. The Kier molecular flexibility index (Phi) is 5.26. The zero-order valence-corrected chi connectivity index (χ0v) is 12.4. The summed E-state index contributed by atoms with van der Waals surface area (Å²) in [6.45, 7) is 4.71. The second-order valence-electron chi connectivity index (χ2n) is 5.19. The van der Waals surface area contributed by atoms with Gasteiger partial charge in [-0.25, -0.2) is 4.68 Å². The van der Waals surface area contributed by atoms with Gasteiger partial charge in [0.2, 0.25) is 11.8 Å². The zero-order valence-electron chi connectivity index (χ0n) is 12.4. The standard InChI is InChI=1S/C13H22N6O2/c1-11(20)17-5-7-18(8-6-17)13(21)10-19-9-12(15-16-19)3-2-4-14/h9H,2-8,10,14H2,1H3. The quantitative estimate of drug-likeness (QED) is 0.740. The van der Waals surface area contributed by atoms with Crippen molar-refractivity contribution >= 4 is 11.8 Å². The van der Waals surface area contributed by atoms with Gasteiger partial charge in [0.1, 0.15) is 6.54 Å². The minimum atomic E-state index is 0.00785. The number of aryl methyl sites for hydroxylation is 1. The Morgan fingerprint density at radius 1 is 1.24 bits per heavy atom. The van der Waals surface area contributed by atoms with E-state index >= 15 is 0 Å². The molecule has 2 heterocycles. The molecule has 1 aromatic rings. The van der Waals surface area contributed by atoms with E-state index in [9.17, 15) is 9.59 Å². The van der Waals surface area contributed by atoms with Crippen molar-refractivity contribution < 1.29 is 9.59 Å². The van der Waals surface area contributed by atoms with Crippen LogP contribution >= 0.6 is 0 Å². The van der Waals surface area contributed by atoms with Crippen LogP contribution in [0.4, 0.5) is 0 Å². The normalized spacial score (nSPS) is 15.3. The van der Waals surface area contributed by atoms with E-state index in [1.807, 2.05) is 0 Å². The molecule has 0 spiro atoms. The molecule has 8 nitrogen and oxygen atoms in total. The number of carbonyl (C=O) groups excluding carboxylic acids is 2. The van der Waals surface area contributed by atoms with Gasteiger partial charge in [0.25, 0.3) is 0 Å². The monoisotopic (exact) mass is 294 g/mol. The molecule has 0 saturated carbocycles. The summed E-state index contributed by atoms with van der Waals surface area (Å²) in [6.07, 6.45) is 3.43. The number of carbonyl (C=O) groups is 2. The van der Waals surface area contributed by atoms with Gasteiger partial charge in [-0.2, -0.15) is 0 Å². The Morgan fingerprint density at radius 2 is 1.90 bits per heavy atom. The number of rotatable bonds is 5. The molecule has 0 aliphatic carbocycles. The van der Waals surface area contributed by atoms with E-state index in [-0.39, 0.29) is 18.4 Å². The summed E-state index contributed by atoms with van der Waals surface area (Å²) in [4.78, 5) is 26.9. The third-order valence-electron chi connectivity index (χ3n) is 3.60. The molecule has 0 radical (unpaired) electrons. The number of nitrogens with two attached hydrogens (primary N) is 1. The lowest BCUT2D eigenvalue weighted by Crippen LogP contribution is -2.50. The van der Waals surface area contributed by atoms with E-state index in [0.717, 1.165) is 18.5 Å². The molecule has 2 rings (SSSR count). The molecule has 8 heteroatoms. The largest absolute Gasteiger partial charge is 0.339 e. The average molecular weight is 294 g/mol. The van der Waals surface area contributed by atoms with Crippen molar-refractivity contribution in [2.75, 3.05) is 32.7 Å². The topological polar surface area (TPSA) is 97.4 Å². The summed E-state index contributed by atoms with van der Waals surface area (Å²) >= 11 is 0. The lowest BCUT2D eigenvalue weighted by atomic mass is 10.2. The number of aromatic nitrogens is 3. The van der Waals surface area contributed by atoms with Crippen LogP contribution < -0.4 is 5.73 Å². The fourth-order valence-corrected chi connectivity index (χ4v) is 2.32. The summed E-state index contributed by atoms with van der Waals surface area (Å²) in [5.41, 5.74) is 6.31. The number of hydrogen-bond acceptors (Lipinski definition) is 5. The summed E-state index contributed by atoms with van der Waals surface area (Å²) in [5.74, 6) is 0.0661. The fraction of sp³-hybridized carbons (Fsp3) is 0.692. The van der Waals surface area contributed by atoms with Gasteiger partial charge in [-0.15, -0.1) is 5.10 Å². The molecule has 0 aromatic carbocycles. The predicted molar refractivity (Wildman–Crippen MR) is 76.2 cm³/mol. The van der Waals surface area contributed by atoms with E-state index < -0.39 is 0 Å². The van der Waals surface area contributed by atoms with Crippen LogP contribution in [-0.4, -0.2) is 69.3 Å². The van der Waals surface area contributed by atoms with Crippen molar-refractivity contribution in [3.63, 3.8) is 0 Å². The van der Waals surface area contributed by atoms with E-state index in [1.165, 1.54) is 0 Å². The lowest BCUT2D eigenvalue weighted by molar-refractivity contribution is -0.138. The minimum Gasteiger partial charge on any atom is -0.339 e. The molecule has 1 aliphatic heterocycles. The number of amides is 2. The van der Waals surface area contributed by atoms with Crippen molar-refractivity contribution in [3.8, 4) is 0 Å². The second-order valence-corrected chi connectivity index (χ2v) is 5.19. The maximum atomic E-state index is 12.2. The number of piperazine rings is 1. The molecule has 1 saturated heterocycles. The molecule has 1 aromatic heterocycles. The Balaban J connectivity index is 1.82. The smallest absolute Gasteiger partial charge is 0.244 e. The highest BCUT2D eigenvalue weighted by Crippen LogP contribution is 2.04. The second kappa shape index (κ2) is 7.16. The van der Waals surface area contributed by atoms with Gasteiger partial charge < -0.3 is 15.5 Å². The first kappa shape index (κ1) is 15.4. The zero-order chi connectivity index (χ0) is 15.2. The molecule has 1 fully saturated rings. The van der Waals surface area contributed by atoms with Gasteiger partial charge >= 0.3 is 0 Å². The van der Waals surface area contributed by atoms with Gasteiger partial charge in [-0.3, -0.25) is 9.59 Å². The highest BCUT2D eigenvalue weighted by molar-refractivity contribution is 5.77. The first-order valence-corrected chi connectivity index (χ1v) is 7.22. The van der Waals surface area contributed by atoms with Crippen LogP contribution in [0.25, 0.3) is 0 Å². The van der Waals surface area contributed by atoms with Crippen molar-refractivity contribution in [3.05, 3.63) is 11.9 Å². The van der Waals surface area contributed by atoms with Crippen LogP contribution in [0, 0.1) is 0 Å². The molecule has 0 unspecified atom stereocenters. The van der Waals surface area contributed by atoms with Crippen LogP contribution in [0.2, 0.25) is 0 Å². The maximum Gasteiger partial charge on any atom is 0.244 e. The van der Waals surface area contributed by atoms with Gasteiger partial charge in [0.15, 0.2) is 0 Å². The van der Waals surface area contributed by atoms with Gasteiger partial charge in [-0.05, 0) is 19.4 Å². The summed E-state index contributed by atoms with van der Waals surface area (Å²) in [5, 5.41) is 7.98. The Morgan fingerprint density at radius 3 is 2.52 bits per heavy atom. The molecular formula is C13H22N6O2. The highest BCUT2D eigenvalue weighted by atomic mass is 16.2. The van der Waals surface area contributed by atoms with E-state index in [1.54, 1.807) is 27.6 Å². The minimum absolute atomic E-state index is 0.00785. The summed E-state index contributed by atoms with van der Waals surface area (Å²) in [6, 6.07) is 0. The first-order chi connectivity index (χ1) is 10.1. The van der Waals surface area contributed by atoms with Crippen LogP contribution in [0.1, 0.15) is 19.0 Å². The maximum absolute atomic E-state index is 12.2. The highest BCUT2D eigenvalue weighted by Gasteiger charge is 2.22. The summed E-state index contributed by atoms with van der Waals surface area (Å²) < 4.78 is 1.56. The lowest BCUT2D eigenvalue weighted by Gasteiger charge is -2.34. The molecule has 1 aliphatic rings. The molecule has 21 heavy (non-hydrogen) atoms. The van der Waals surface area contributed by atoms with Gasteiger partial charge in [0.05, 0.1) is 5.69 Å². The third kappa shape index (κ3) is 4.25. The Bertz CT molecular complexity index is 493. The SMILES string of the molecule is CC(=O)N1CCN(C(=O)Cn2cc(CCCN)nn2)CC1. The van der Waals surface area contributed by atoms with Crippen LogP contribution in [0.3, 0.4) is 0 Å². The molecule has 0 atom stereocenters. The van der Waals surface area contributed by atoms with Crippen LogP contribution in [-0.2, 0) is 22.6 Å². The van der Waals surface area contributed by atoms with Gasteiger partial charge in [0, 0.05) is 39.3 Å². The van der Waals surface area contributed by atoms with Crippen molar-refractivity contribution in [2.45, 2.75) is 26.3 Å². The third-order valence-corrected chi connectivity index (χ3v) is 3.60. The first-order valence-electron chi connectivity index (χ1n) is 7.22. The van der Waals surface area contributed by atoms with Crippen LogP contribution in [0.5, 0.6) is 0 Å². The molecule has 2 amide bonds. The Hall–Kier alpha value is -1.96. The van der Waals surface area contributed by atoms with Crippen LogP contribution in [0.15, 0.2) is 6.20 Å². The Labute approximate surface area is 123 Å². The summed E-state index contributed by atoms with van der Waals surface area (Å²) in [7, 11) is 0. The van der Waals surface area contributed by atoms with Gasteiger partial charge in [-0.1, -0.05) is 5.21 Å². The fourth-order valence-electron chi connectivity index (χ4n) is 2.32. The van der Waals surface area contributed by atoms with E-state index in [2.05, 4.69) is 10.3 Å². The predicted octanol–water partition coefficient (Wildman–Crippen LogP) is -1.14. The van der Waals surface area contributed by atoms with Crippen molar-refractivity contribution in [1.29, 1.82) is 0 Å². The molecule has 2 N–H and O–H groups in total. The van der Waals surface area contributed by atoms with Crippen molar-refractivity contribution in [2.24, 2.45) is 5.73 Å². The molecule has 0 bridgehead atoms. The van der Waals surface area contributed by atoms with E-state index in [0.29, 0.717) is 32.7 Å².